The van der Waals surface area contributed by atoms with Gasteiger partial charge < -0.3 is 34.3 Å². The van der Waals surface area contributed by atoms with Gasteiger partial charge in [0.2, 0.25) is 0 Å². The lowest BCUT2D eigenvalue weighted by molar-refractivity contribution is 0.632. The summed E-state index contributed by atoms with van der Waals surface area (Å²) >= 11 is 0. The average Bonchev–Trinajstić information content (AvgIpc) is 0.715. The van der Waals surface area contributed by atoms with Gasteiger partial charge in [0, 0.05) is 79.4 Å². The standard InChI is InChI=1S/C93H73N7/c1-93(2)89-60-58-81(98(78-52-30-11-31-53-78)87-64-83(94(70-36-14-3-15-37-70)71-38-16-4-17-39-71)62-84(65-87)95(72-40-18-5-19-41-72)73-42-20-6-21-43-73)68-91(89)100(80-56-34-13-35-57-80)92-69-82(59-61-90(92)93)99(79-54-32-12-33-55-79)88-66-85(96(74-44-22-7-23-45-74)75-46-24-8-25-47-75)63-86(67-88)97(76-48-26-9-27-49-76)77-50-28-10-29-51-77/h3-69H,1-2H3. The molecule has 0 N–H and O–H groups in total. The molecule has 0 fully saturated rings. The molecule has 15 aromatic rings. The van der Waals surface area contributed by atoms with E-state index in [9.17, 15) is 0 Å². The molecule has 1 aliphatic heterocycles. The van der Waals surface area contributed by atoms with Crippen LogP contribution in [-0.2, 0) is 5.41 Å². The molecule has 0 atom stereocenters. The summed E-state index contributed by atoms with van der Waals surface area (Å²) in [5.41, 5.74) is 23.5. The number of anilines is 21. The average molecular weight is 1290 g/mol. The van der Waals surface area contributed by atoms with E-state index in [1.807, 2.05) is 0 Å². The van der Waals surface area contributed by atoms with Crippen LogP contribution >= 0.6 is 0 Å². The SMILES string of the molecule is CC1(C)c2ccc(N(c3ccccc3)c3cc(N(c4ccccc4)c4ccccc4)cc(N(c4ccccc4)c4ccccc4)c3)cc2N(c2ccccc2)c2cc(N(c3ccccc3)c3cc(N(c4ccccc4)c4ccccc4)cc(N(c4ccccc4)c4ccccc4)c3)ccc21. The van der Waals surface area contributed by atoms with Crippen molar-refractivity contribution in [3.63, 3.8) is 0 Å². The van der Waals surface area contributed by atoms with Gasteiger partial charge in [-0.15, -0.1) is 0 Å². The first-order valence-corrected chi connectivity index (χ1v) is 34.2. The summed E-state index contributed by atoms with van der Waals surface area (Å²) in [7, 11) is 0. The number of fused-ring (bicyclic) bond motifs is 2. The van der Waals surface area contributed by atoms with E-state index >= 15 is 0 Å². The van der Waals surface area contributed by atoms with Gasteiger partial charge in [-0.3, -0.25) is 0 Å². The Morgan fingerprint density at radius 2 is 0.340 bits per heavy atom. The van der Waals surface area contributed by atoms with Crippen molar-refractivity contribution in [3.05, 3.63) is 418 Å². The molecule has 0 aromatic heterocycles. The molecule has 1 heterocycles. The van der Waals surface area contributed by atoms with Crippen molar-refractivity contribution in [3.8, 4) is 0 Å². The Labute approximate surface area is 587 Å². The van der Waals surface area contributed by atoms with Gasteiger partial charge in [0.25, 0.3) is 0 Å². The highest BCUT2D eigenvalue weighted by molar-refractivity contribution is 5.96. The lowest BCUT2D eigenvalue weighted by atomic mass is 9.73. The maximum Gasteiger partial charge on any atom is 0.0523 e. The maximum absolute atomic E-state index is 2.50. The number of nitrogens with zero attached hydrogens (tertiary/aromatic N) is 7. The predicted octanol–water partition coefficient (Wildman–Crippen LogP) is 26.6. The van der Waals surface area contributed by atoms with Crippen LogP contribution in [0.15, 0.2) is 406 Å². The summed E-state index contributed by atoms with van der Waals surface area (Å²) in [5.74, 6) is 0. The molecule has 7 heteroatoms. The van der Waals surface area contributed by atoms with Gasteiger partial charge in [-0.05, 0) is 205 Å². The smallest absolute Gasteiger partial charge is 0.0523 e. The van der Waals surface area contributed by atoms with Gasteiger partial charge in [0.05, 0.1) is 45.5 Å². The summed E-state index contributed by atoms with van der Waals surface area (Å²) < 4.78 is 0. The van der Waals surface area contributed by atoms with Crippen molar-refractivity contribution >= 4 is 119 Å². The number of benzene rings is 15. The Bertz CT molecular complexity index is 4540. The third-order valence-electron chi connectivity index (χ3n) is 18.8. The summed E-state index contributed by atoms with van der Waals surface area (Å²) in [4.78, 5) is 16.8. The maximum atomic E-state index is 2.50. The molecule has 0 amide bonds. The topological polar surface area (TPSA) is 22.7 Å². The number of hydrogen-bond acceptors (Lipinski definition) is 7. The summed E-state index contributed by atoms with van der Waals surface area (Å²) in [6, 6.07) is 146. The minimum Gasteiger partial charge on any atom is -0.310 e. The Morgan fingerprint density at radius 3 is 0.530 bits per heavy atom. The molecule has 0 saturated heterocycles. The van der Waals surface area contributed by atoms with Gasteiger partial charge in [0.1, 0.15) is 0 Å². The van der Waals surface area contributed by atoms with Crippen molar-refractivity contribution in [2.24, 2.45) is 0 Å². The van der Waals surface area contributed by atoms with Crippen LogP contribution in [0.25, 0.3) is 0 Å². The fourth-order valence-corrected chi connectivity index (χ4v) is 14.3. The van der Waals surface area contributed by atoms with Crippen LogP contribution in [0.1, 0.15) is 25.0 Å². The van der Waals surface area contributed by atoms with Crippen molar-refractivity contribution in [1.29, 1.82) is 0 Å². The van der Waals surface area contributed by atoms with Gasteiger partial charge in [-0.25, -0.2) is 0 Å². The van der Waals surface area contributed by atoms with Crippen molar-refractivity contribution < 1.29 is 0 Å². The summed E-state index contributed by atoms with van der Waals surface area (Å²) in [6.45, 7) is 4.77. The van der Waals surface area contributed by atoms with Gasteiger partial charge >= 0.3 is 0 Å². The second-order valence-electron chi connectivity index (χ2n) is 25.5. The number of para-hydroxylation sites is 11. The minimum atomic E-state index is -0.461. The molecule has 0 aliphatic carbocycles. The lowest BCUT2D eigenvalue weighted by Crippen LogP contribution is -2.31. The Kier molecular flexibility index (Phi) is 17.0. The van der Waals surface area contributed by atoms with E-state index in [4.69, 9.17) is 0 Å². The van der Waals surface area contributed by atoms with Crippen LogP contribution in [0.4, 0.5) is 119 Å². The third kappa shape index (κ3) is 12.2. The molecular formula is C93H73N7. The highest BCUT2D eigenvalue weighted by Gasteiger charge is 2.39. The first kappa shape index (κ1) is 61.8. The van der Waals surface area contributed by atoms with E-state index in [0.29, 0.717) is 0 Å². The van der Waals surface area contributed by atoms with Crippen LogP contribution in [0.5, 0.6) is 0 Å². The molecule has 480 valence electrons. The van der Waals surface area contributed by atoms with E-state index in [1.165, 1.54) is 11.1 Å². The number of hydrogen-bond donors (Lipinski definition) is 0. The lowest BCUT2D eigenvalue weighted by Gasteiger charge is -2.43. The molecular weight excluding hydrogens is 1220 g/mol. The highest BCUT2D eigenvalue weighted by atomic mass is 15.2. The highest BCUT2D eigenvalue weighted by Crippen LogP contribution is 2.56. The molecule has 16 rings (SSSR count). The first-order chi connectivity index (χ1) is 49.4. The normalized spacial score (nSPS) is 12.0. The fourth-order valence-electron chi connectivity index (χ4n) is 14.3. The molecule has 0 spiro atoms. The van der Waals surface area contributed by atoms with Gasteiger partial charge in [0.15, 0.2) is 0 Å². The van der Waals surface area contributed by atoms with Crippen molar-refractivity contribution in [2.45, 2.75) is 19.3 Å². The van der Waals surface area contributed by atoms with E-state index in [0.717, 1.165) is 119 Å². The van der Waals surface area contributed by atoms with Crippen molar-refractivity contribution in [2.75, 3.05) is 34.3 Å². The van der Waals surface area contributed by atoms with E-state index in [1.54, 1.807) is 0 Å². The first-order valence-electron chi connectivity index (χ1n) is 34.2. The predicted molar refractivity (Wildman–Crippen MR) is 421 cm³/mol. The molecule has 0 unspecified atom stereocenters. The van der Waals surface area contributed by atoms with Crippen LogP contribution in [0, 0.1) is 0 Å². The molecule has 0 saturated carbocycles. The Hall–Kier alpha value is -13.1. The summed E-state index contributed by atoms with van der Waals surface area (Å²) in [5, 5.41) is 0. The molecule has 7 nitrogen and oxygen atoms in total. The van der Waals surface area contributed by atoms with Crippen molar-refractivity contribution in [1.82, 2.24) is 0 Å². The molecule has 1 aliphatic rings. The Balaban J connectivity index is 0.912. The second kappa shape index (κ2) is 27.6. The molecule has 100 heavy (non-hydrogen) atoms. The number of rotatable bonds is 19. The zero-order chi connectivity index (χ0) is 67.2. The zero-order valence-electron chi connectivity index (χ0n) is 55.8. The monoisotopic (exact) mass is 1290 g/mol. The van der Waals surface area contributed by atoms with Gasteiger partial charge in [-0.2, -0.15) is 0 Å². The second-order valence-corrected chi connectivity index (χ2v) is 25.5. The molecule has 0 bridgehead atoms. The van der Waals surface area contributed by atoms with E-state index < -0.39 is 5.41 Å². The Morgan fingerprint density at radius 1 is 0.170 bits per heavy atom. The van der Waals surface area contributed by atoms with Crippen LogP contribution in [-0.4, -0.2) is 0 Å². The fraction of sp³-hybridized carbons (Fsp3) is 0.0323. The largest absolute Gasteiger partial charge is 0.310 e. The molecule has 15 aromatic carbocycles. The van der Waals surface area contributed by atoms with Crippen LogP contribution in [0.2, 0.25) is 0 Å². The third-order valence-corrected chi connectivity index (χ3v) is 18.8. The quantitative estimate of drug-likeness (QED) is 0.0795. The zero-order valence-corrected chi connectivity index (χ0v) is 55.8. The van der Waals surface area contributed by atoms with E-state index in [2.05, 4.69) is 455 Å². The summed E-state index contributed by atoms with van der Waals surface area (Å²) in [6.07, 6.45) is 0. The molecule has 0 radical (unpaired) electrons. The van der Waals surface area contributed by atoms with Crippen LogP contribution in [0.3, 0.4) is 0 Å². The minimum absolute atomic E-state index is 0.461. The van der Waals surface area contributed by atoms with Crippen LogP contribution < -0.4 is 34.3 Å². The van der Waals surface area contributed by atoms with Gasteiger partial charge in [-0.1, -0.05) is 226 Å². The van der Waals surface area contributed by atoms with E-state index in [-0.39, 0.29) is 0 Å².